The quantitative estimate of drug-likeness (QED) is 0.252. The fourth-order valence-corrected chi connectivity index (χ4v) is 5.64. The third-order valence-corrected chi connectivity index (χ3v) is 7.97. The Hall–Kier alpha value is -4.07. The molecule has 2 aromatic carbocycles. The van der Waals surface area contributed by atoms with Crippen molar-refractivity contribution < 1.29 is 14.3 Å². The smallest absolute Gasteiger partial charge is 0.270 e. The number of carbonyl (C=O) groups excluding carboxylic acids is 1. The predicted octanol–water partition coefficient (Wildman–Crippen LogP) is 5.47. The zero-order valence-corrected chi connectivity index (χ0v) is 24.4. The number of aromatic nitrogens is 1. The number of nitriles is 1. The van der Waals surface area contributed by atoms with Crippen molar-refractivity contribution >= 4 is 46.1 Å². The summed E-state index contributed by atoms with van der Waals surface area (Å²) in [6.45, 7) is 4.87. The monoisotopic (exact) mass is 574 g/mol. The fraction of sp³-hybridized carbons (Fsp3) is 0.267. The van der Waals surface area contributed by atoms with Gasteiger partial charge in [0.25, 0.3) is 11.5 Å². The molecule has 1 aliphatic heterocycles. The molecule has 10 heteroatoms. The molecule has 0 radical (unpaired) electrons. The molecule has 1 aliphatic rings. The van der Waals surface area contributed by atoms with Crippen LogP contribution in [0.25, 0.3) is 6.08 Å². The van der Waals surface area contributed by atoms with E-state index in [1.807, 2.05) is 55.5 Å². The zero-order valence-electron chi connectivity index (χ0n) is 22.8. The standard InChI is InChI=1S/C30H30N4O4S2/c1-5-14-33-27(32-17-20-6-10-22(37-3)11-7-20)24(19(2)25(16-31)28(33)35)15-26-29(36)34(30(39)40-26)18-21-8-12-23(38-4)13-9-21/h6-13,15,32H,5,14,17-18H2,1-4H3/b26-15+. The number of amides is 1. The fourth-order valence-electron chi connectivity index (χ4n) is 4.40. The van der Waals surface area contributed by atoms with Crippen LogP contribution < -0.4 is 20.3 Å². The number of hydrogen-bond acceptors (Lipinski definition) is 8. The third kappa shape index (κ3) is 6.06. The highest BCUT2D eigenvalue weighted by atomic mass is 32.2. The molecule has 0 unspecified atom stereocenters. The van der Waals surface area contributed by atoms with Crippen LogP contribution in [0, 0.1) is 18.3 Å². The first-order valence-corrected chi connectivity index (χ1v) is 14.0. The largest absolute Gasteiger partial charge is 0.497 e. The molecule has 3 aromatic rings. The number of anilines is 1. The number of pyridine rings is 1. The normalized spacial score (nSPS) is 14.0. The average molecular weight is 575 g/mol. The molecule has 8 nitrogen and oxygen atoms in total. The summed E-state index contributed by atoms with van der Waals surface area (Å²) in [5, 5.41) is 13.2. The number of methoxy groups -OCH3 is 2. The van der Waals surface area contributed by atoms with Crippen molar-refractivity contribution in [2.75, 3.05) is 19.5 Å². The topological polar surface area (TPSA) is 96.6 Å². The molecule has 0 aliphatic carbocycles. The van der Waals surface area contributed by atoms with Crippen LogP contribution in [-0.4, -0.2) is 33.9 Å². The minimum absolute atomic E-state index is 0.0587. The molecule has 0 atom stereocenters. The van der Waals surface area contributed by atoms with E-state index >= 15 is 0 Å². The lowest BCUT2D eigenvalue weighted by atomic mass is 10.0. The van der Waals surface area contributed by atoms with Crippen LogP contribution in [0.4, 0.5) is 5.82 Å². The van der Waals surface area contributed by atoms with Crippen molar-refractivity contribution in [3.8, 4) is 17.6 Å². The minimum Gasteiger partial charge on any atom is -0.497 e. The lowest BCUT2D eigenvalue weighted by Crippen LogP contribution is -2.28. The Balaban J connectivity index is 1.73. The molecule has 2 heterocycles. The Morgan fingerprint density at radius 1 is 1.02 bits per heavy atom. The van der Waals surface area contributed by atoms with E-state index in [-0.39, 0.29) is 17.0 Å². The van der Waals surface area contributed by atoms with Gasteiger partial charge < -0.3 is 14.8 Å². The summed E-state index contributed by atoms with van der Waals surface area (Å²) in [7, 11) is 3.22. The number of thiocarbonyl (C=S) groups is 1. The summed E-state index contributed by atoms with van der Waals surface area (Å²) < 4.78 is 12.5. The first-order valence-electron chi connectivity index (χ1n) is 12.7. The molecule has 0 spiro atoms. The van der Waals surface area contributed by atoms with E-state index in [0.717, 1.165) is 22.6 Å². The maximum atomic E-state index is 13.5. The molecule has 4 rings (SSSR count). The number of ether oxygens (including phenoxy) is 2. The molecule has 0 bridgehead atoms. The molecule has 1 saturated heterocycles. The minimum atomic E-state index is -0.358. The Kier molecular flexibility index (Phi) is 9.30. The van der Waals surface area contributed by atoms with Gasteiger partial charge >= 0.3 is 0 Å². The lowest BCUT2D eigenvalue weighted by molar-refractivity contribution is -0.122. The lowest BCUT2D eigenvalue weighted by Gasteiger charge is -2.20. The first kappa shape index (κ1) is 28.9. The Morgan fingerprint density at radius 3 is 2.17 bits per heavy atom. The van der Waals surface area contributed by atoms with Crippen molar-refractivity contribution in [3.05, 3.63) is 91.6 Å². The van der Waals surface area contributed by atoms with Gasteiger partial charge in [0, 0.05) is 18.7 Å². The van der Waals surface area contributed by atoms with Crippen molar-refractivity contribution in [1.82, 2.24) is 9.47 Å². The van der Waals surface area contributed by atoms with E-state index in [9.17, 15) is 14.9 Å². The van der Waals surface area contributed by atoms with Crippen molar-refractivity contribution in [2.45, 2.75) is 39.9 Å². The number of thioether (sulfide) groups is 1. The molecule has 0 saturated carbocycles. The Bertz CT molecular complexity index is 1550. The van der Waals surface area contributed by atoms with E-state index in [1.165, 1.54) is 11.8 Å². The maximum absolute atomic E-state index is 13.5. The number of nitrogens with one attached hydrogen (secondary N) is 1. The second-order valence-corrected chi connectivity index (χ2v) is 10.8. The number of rotatable bonds is 10. The number of carbonyl (C=O) groups is 1. The van der Waals surface area contributed by atoms with Gasteiger partial charge in [-0.2, -0.15) is 5.26 Å². The molecular weight excluding hydrogens is 544 g/mol. The van der Waals surface area contributed by atoms with E-state index in [2.05, 4.69) is 11.4 Å². The summed E-state index contributed by atoms with van der Waals surface area (Å²) in [4.78, 5) is 28.8. The van der Waals surface area contributed by atoms with Crippen LogP contribution >= 0.6 is 24.0 Å². The van der Waals surface area contributed by atoms with E-state index < -0.39 is 0 Å². The molecule has 206 valence electrons. The van der Waals surface area contributed by atoms with Gasteiger partial charge in [0.1, 0.15) is 33.3 Å². The predicted molar refractivity (Wildman–Crippen MR) is 162 cm³/mol. The highest BCUT2D eigenvalue weighted by Gasteiger charge is 2.33. The molecule has 1 N–H and O–H groups in total. The van der Waals surface area contributed by atoms with Gasteiger partial charge in [0.15, 0.2) is 0 Å². The van der Waals surface area contributed by atoms with Crippen LogP contribution in [0.5, 0.6) is 11.5 Å². The van der Waals surface area contributed by atoms with Gasteiger partial charge in [-0.3, -0.25) is 19.1 Å². The summed E-state index contributed by atoms with van der Waals surface area (Å²) >= 11 is 6.77. The number of benzene rings is 2. The zero-order chi connectivity index (χ0) is 28.8. The van der Waals surface area contributed by atoms with Crippen LogP contribution in [0.2, 0.25) is 0 Å². The molecule has 1 fully saturated rings. The second-order valence-electron chi connectivity index (χ2n) is 9.15. The summed E-state index contributed by atoms with van der Waals surface area (Å²) in [6.07, 6.45) is 2.43. The first-order chi connectivity index (χ1) is 19.3. The van der Waals surface area contributed by atoms with Crippen molar-refractivity contribution in [2.24, 2.45) is 0 Å². The SMILES string of the molecule is CCCn1c(NCc2ccc(OC)cc2)c(/C=C2/SC(=S)N(Cc3ccc(OC)cc3)C2=O)c(C)c(C#N)c1=O. The van der Waals surface area contributed by atoms with Crippen molar-refractivity contribution in [1.29, 1.82) is 5.26 Å². The summed E-state index contributed by atoms with van der Waals surface area (Å²) in [5.74, 6) is 1.81. The molecular formula is C30H30N4O4S2. The van der Waals surface area contributed by atoms with Crippen LogP contribution in [0.15, 0.2) is 58.2 Å². The van der Waals surface area contributed by atoms with Gasteiger partial charge in [-0.15, -0.1) is 0 Å². The molecule has 1 aromatic heterocycles. The van der Waals surface area contributed by atoms with Crippen LogP contribution in [0.3, 0.4) is 0 Å². The number of nitrogens with zero attached hydrogens (tertiary/aromatic N) is 3. The number of hydrogen-bond donors (Lipinski definition) is 1. The van der Waals surface area contributed by atoms with Gasteiger partial charge in [-0.1, -0.05) is 55.2 Å². The molecule has 1 amide bonds. The third-order valence-electron chi connectivity index (χ3n) is 6.59. The molecule has 40 heavy (non-hydrogen) atoms. The Labute approximate surface area is 243 Å². The van der Waals surface area contributed by atoms with Gasteiger partial charge in [0.2, 0.25) is 0 Å². The Morgan fingerprint density at radius 2 is 1.62 bits per heavy atom. The van der Waals surface area contributed by atoms with E-state index in [0.29, 0.717) is 52.2 Å². The van der Waals surface area contributed by atoms with Gasteiger partial charge in [-0.05, 0) is 60.4 Å². The van der Waals surface area contributed by atoms with Crippen molar-refractivity contribution in [3.63, 3.8) is 0 Å². The average Bonchev–Trinajstić information content (AvgIpc) is 3.23. The van der Waals surface area contributed by atoms with E-state index in [1.54, 1.807) is 36.7 Å². The second kappa shape index (κ2) is 12.9. The maximum Gasteiger partial charge on any atom is 0.270 e. The highest BCUT2D eigenvalue weighted by molar-refractivity contribution is 8.26. The highest BCUT2D eigenvalue weighted by Crippen LogP contribution is 2.36. The summed E-state index contributed by atoms with van der Waals surface area (Å²) in [5.41, 5.74) is 2.72. The van der Waals surface area contributed by atoms with Gasteiger partial charge in [-0.25, -0.2) is 0 Å². The van der Waals surface area contributed by atoms with Gasteiger partial charge in [0.05, 0.1) is 25.7 Å². The van der Waals surface area contributed by atoms with Crippen LogP contribution in [0.1, 0.15) is 41.2 Å². The van der Waals surface area contributed by atoms with E-state index in [4.69, 9.17) is 21.7 Å². The summed E-state index contributed by atoms with van der Waals surface area (Å²) in [6, 6.07) is 17.2. The van der Waals surface area contributed by atoms with Crippen LogP contribution in [-0.2, 0) is 24.4 Å².